The number of carbonyl (C=O) groups excluding carboxylic acids is 1. The molecule has 0 bridgehead atoms. The molecule has 0 unspecified atom stereocenters. The molecule has 2 aliphatic heterocycles. The Balaban J connectivity index is 1.64. The Bertz CT molecular complexity index is 781. The third-order valence-corrected chi connectivity index (χ3v) is 4.79. The van der Waals surface area contributed by atoms with Gasteiger partial charge in [-0.2, -0.15) is 0 Å². The first-order valence-corrected chi connectivity index (χ1v) is 7.98. The normalized spacial score (nSPS) is 17.7. The third-order valence-electron chi connectivity index (χ3n) is 4.79. The van der Waals surface area contributed by atoms with Gasteiger partial charge in [-0.25, -0.2) is 4.39 Å². The number of anilines is 1. The summed E-state index contributed by atoms with van der Waals surface area (Å²) in [5, 5.41) is 2.87. The first kappa shape index (κ1) is 14.4. The molecule has 2 aromatic rings. The van der Waals surface area contributed by atoms with Crippen LogP contribution in [0.2, 0.25) is 0 Å². The molecule has 2 aromatic carbocycles. The Morgan fingerprint density at radius 3 is 2.87 bits per heavy atom. The summed E-state index contributed by atoms with van der Waals surface area (Å²) in [6.45, 7) is 3.99. The zero-order valence-corrected chi connectivity index (χ0v) is 13.1. The largest absolute Gasteiger partial charge is 0.326 e. The van der Waals surface area contributed by atoms with Crippen LogP contribution >= 0.6 is 0 Å². The number of fused-ring (bicyclic) bond motifs is 1. The molecule has 118 valence electrons. The molecule has 1 saturated heterocycles. The van der Waals surface area contributed by atoms with E-state index < -0.39 is 6.17 Å². The topological polar surface area (TPSA) is 32.3 Å². The molecule has 3 nitrogen and oxygen atoms in total. The summed E-state index contributed by atoms with van der Waals surface area (Å²) in [4.78, 5) is 13.6. The summed E-state index contributed by atoms with van der Waals surface area (Å²) in [5.74, 6) is 0.0567. The molecule has 1 N–H and O–H groups in total. The van der Waals surface area contributed by atoms with Crippen molar-refractivity contribution >= 4 is 11.6 Å². The molecule has 0 aliphatic carbocycles. The van der Waals surface area contributed by atoms with E-state index >= 15 is 0 Å². The minimum absolute atomic E-state index is 0.0567. The number of nitrogens with one attached hydrogen (secondary N) is 1. The van der Waals surface area contributed by atoms with E-state index in [9.17, 15) is 9.18 Å². The first-order chi connectivity index (χ1) is 11.1. The monoisotopic (exact) mass is 310 g/mol. The van der Waals surface area contributed by atoms with Crippen LogP contribution in [-0.2, 0) is 17.8 Å². The maximum atomic E-state index is 13.0. The van der Waals surface area contributed by atoms with E-state index in [4.69, 9.17) is 0 Å². The van der Waals surface area contributed by atoms with Gasteiger partial charge in [0.1, 0.15) is 6.17 Å². The number of hydrogen-bond donors (Lipinski definition) is 1. The summed E-state index contributed by atoms with van der Waals surface area (Å²) in [5.41, 5.74) is 6.76. The van der Waals surface area contributed by atoms with E-state index in [0.717, 1.165) is 23.4 Å². The van der Waals surface area contributed by atoms with Crippen LogP contribution in [0.1, 0.15) is 16.7 Å². The lowest BCUT2D eigenvalue weighted by Crippen LogP contribution is -2.47. The highest BCUT2D eigenvalue weighted by Gasteiger charge is 2.26. The van der Waals surface area contributed by atoms with Crippen molar-refractivity contribution in [2.24, 2.45) is 0 Å². The van der Waals surface area contributed by atoms with Gasteiger partial charge in [0.25, 0.3) is 0 Å². The van der Waals surface area contributed by atoms with Crippen LogP contribution < -0.4 is 5.32 Å². The van der Waals surface area contributed by atoms with Crippen LogP contribution in [0.4, 0.5) is 10.1 Å². The number of benzene rings is 2. The molecule has 0 radical (unpaired) electrons. The predicted molar refractivity (Wildman–Crippen MR) is 89.1 cm³/mol. The summed E-state index contributed by atoms with van der Waals surface area (Å²) in [7, 11) is 0. The van der Waals surface area contributed by atoms with E-state index in [1.807, 2.05) is 6.07 Å². The van der Waals surface area contributed by atoms with Gasteiger partial charge in [0, 0.05) is 25.3 Å². The molecule has 4 heteroatoms. The van der Waals surface area contributed by atoms with Gasteiger partial charge in [-0.1, -0.05) is 24.3 Å². The van der Waals surface area contributed by atoms with Crippen LogP contribution in [-0.4, -0.2) is 30.1 Å². The molecule has 0 spiro atoms. The van der Waals surface area contributed by atoms with Gasteiger partial charge < -0.3 is 5.32 Å². The fourth-order valence-electron chi connectivity index (χ4n) is 3.44. The molecule has 1 fully saturated rings. The van der Waals surface area contributed by atoms with Gasteiger partial charge in [-0.15, -0.1) is 0 Å². The summed E-state index contributed by atoms with van der Waals surface area (Å²) >= 11 is 0. The van der Waals surface area contributed by atoms with E-state index in [0.29, 0.717) is 19.5 Å². The molecular formula is C19H19FN2O. The van der Waals surface area contributed by atoms with E-state index in [-0.39, 0.29) is 5.91 Å². The lowest BCUT2D eigenvalue weighted by atomic mass is 9.94. The van der Waals surface area contributed by atoms with Crippen molar-refractivity contribution in [2.75, 3.05) is 18.4 Å². The molecule has 4 rings (SSSR count). The lowest BCUT2D eigenvalue weighted by Gasteiger charge is -2.34. The highest BCUT2D eigenvalue weighted by molar-refractivity contribution is 5.99. The summed E-state index contributed by atoms with van der Waals surface area (Å²) in [6.07, 6.45) is -0.214. The van der Waals surface area contributed by atoms with Crippen molar-refractivity contribution in [1.29, 1.82) is 0 Å². The standard InChI is InChI=1S/C19H19FN2O/c1-12-14(9-22-10-16(20)11-22)3-2-4-17(12)13-5-6-18-15(7-13)8-19(23)21-18/h2-7,16H,8-11H2,1H3,(H,21,23). The van der Waals surface area contributed by atoms with Crippen molar-refractivity contribution in [3.63, 3.8) is 0 Å². The fourth-order valence-corrected chi connectivity index (χ4v) is 3.44. The molecular weight excluding hydrogens is 291 g/mol. The highest BCUT2D eigenvalue weighted by atomic mass is 19.1. The predicted octanol–water partition coefficient (Wildman–Crippen LogP) is 3.31. The number of carbonyl (C=O) groups is 1. The van der Waals surface area contributed by atoms with Crippen molar-refractivity contribution in [2.45, 2.75) is 26.1 Å². The lowest BCUT2D eigenvalue weighted by molar-refractivity contribution is -0.115. The third kappa shape index (κ3) is 2.63. The summed E-state index contributed by atoms with van der Waals surface area (Å²) < 4.78 is 13.0. The Hall–Kier alpha value is -2.20. The number of hydrogen-bond acceptors (Lipinski definition) is 2. The maximum Gasteiger partial charge on any atom is 0.228 e. The van der Waals surface area contributed by atoms with Gasteiger partial charge >= 0.3 is 0 Å². The quantitative estimate of drug-likeness (QED) is 0.943. The number of alkyl halides is 1. The van der Waals surface area contributed by atoms with Crippen LogP contribution in [0.3, 0.4) is 0 Å². The second kappa shape index (κ2) is 5.46. The number of nitrogens with zero attached hydrogens (tertiary/aromatic N) is 1. The van der Waals surface area contributed by atoms with Gasteiger partial charge in [-0.05, 0) is 46.9 Å². The Kier molecular flexibility index (Phi) is 3.42. The Morgan fingerprint density at radius 2 is 2.09 bits per heavy atom. The van der Waals surface area contributed by atoms with Crippen molar-refractivity contribution < 1.29 is 9.18 Å². The average Bonchev–Trinajstić information content (AvgIpc) is 2.86. The van der Waals surface area contributed by atoms with Crippen molar-refractivity contribution in [1.82, 2.24) is 4.90 Å². The van der Waals surface area contributed by atoms with Gasteiger partial charge in [-0.3, -0.25) is 9.69 Å². The zero-order valence-electron chi connectivity index (χ0n) is 13.1. The Labute approximate surface area is 135 Å². The second-order valence-corrected chi connectivity index (χ2v) is 6.48. The molecule has 1 amide bonds. The number of amides is 1. The number of likely N-dealkylation sites (tertiary alicyclic amines) is 1. The highest BCUT2D eigenvalue weighted by Crippen LogP contribution is 2.32. The van der Waals surface area contributed by atoms with Crippen LogP contribution in [0.15, 0.2) is 36.4 Å². The average molecular weight is 310 g/mol. The molecule has 0 aromatic heterocycles. The summed E-state index contributed by atoms with van der Waals surface area (Å²) in [6, 6.07) is 12.4. The maximum absolute atomic E-state index is 13.0. The van der Waals surface area contributed by atoms with Gasteiger partial charge in [0.05, 0.1) is 6.42 Å². The molecule has 23 heavy (non-hydrogen) atoms. The van der Waals surface area contributed by atoms with Crippen molar-refractivity contribution in [3.8, 4) is 11.1 Å². The molecule has 0 saturated carbocycles. The molecule has 0 atom stereocenters. The van der Waals surface area contributed by atoms with Gasteiger partial charge in [0.2, 0.25) is 5.91 Å². The molecule has 2 aliphatic rings. The zero-order chi connectivity index (χ0) is 16.0. The van der Waals surface area contributed by atoms with E-state index in [1.165, 1.54) is 16.7 Å². The fraction of sp³-hybridized carbons (Fsp3) is 0.316. The minimum Gasteiger partial charge on any atom is -0.326 e. The SMILES string of the molecule is Cc1c(CN2CC(F)C2)cccc1-c1ccc2c(c1)CC(=O)N2. The number of halogens is 1. The smallest absolute Gasteiger partial charge is 0.228 e. The first-order valence-electron chi connectivity index (χ1n) is 7.98. The number of rotatable bonds is 3. The van der Waals surface area contributed by atoms with Crippen LogP contribution in [0.25, 0.3) is 11.1 Å². The van der Waals surface area contributed by atoms with E-state index in [1.54, 1.807) is 0 Å². The molecule has 2 heterocycles. The van der Waals surface area contributed by atoms with Crippen LogP contribution in [0, 0.1) is 6.92 Å². The van der Waals surface area contributed by atoms with E-state index in [2.05, 4.69) is 47.5 Å². The minimum atomic E-state index is -0.666. The van der Waals surface area contributed by atoms with Crippen LogP contribution in [0.5, 0.6) is 0 Å². The van der Waals surface area contributed by atoms with Crippen molar-refractivity contribution in [3.05, 3.63) is 53.1 Å². The second-order valence-electron chi connectivity index (χ2n) is 6.48. The Morgan fingerprint density at radius 1 is 1.26 bits per heavy atom. The van der Waals surface area contributed by atoms with Gasteiger partial charge in [0.15, 0.2) is 0 Å².